The van der Waals surface area contributed by atoms with Gasteiger partial charge in [-0.15, -0.1) is 0 Å². The molecule has 7 nitrogen and oxygen atoms in total. The van der Waals surface area contributed by atoms with Crippen LogP contribution in [0.15, 0.2) is 61.2 Å². The van der Waals surface area contributed by atoms with Crippen LogP contribution >= 0.6 is 0 Å². The highest BCUT2D eigenvalue weighted by Gasteiger charge is 2.13. The summed E-state index contributed by atoms with van der Waals surface area (Å²) in [5.41, 5.74) is 4.52. The van der Waals surface area contributed by atoms with Crippen LogP contribution in [0.3, 0.4) is 0 Å². The van der Waals surface area contributed by atoms with Crippen LogP contribution < -0.4 is 4.74 Å². The summed E-state index contributed by atoms with van der Waals surface area (Å²) in [5.74, 6) is 0.654. The van der Waals surface area contributed by atoms with Crippen molar-refractivity contribution in [3.05, 3.63) is 83.6 Å². The molecular formula is C22H23N5O2. The zero-order valence-corrected chi connectivity index (χ0v) is 16.7. The summed E-state index contributed by atoms with van der Waals surface area (Å²) in [6.45, 7) is 2.92. The van der Waals surface area contributed by atoms with Crippen LogP contribution in [0, 0.1) is 6.92 Å². The highest BCUT2D eigenvalue weighted by molar-refractivity contribution is 5.94. The van der Waals surface area contributed by atoms with E-state index in [1.54, 1.807) is 35.0 Å². The number of hydrogen-bond acceptors (Lipinski definition) is 4. The molecule has 0 unspecified atom stereocenters. The predicted octanol–water partition coefficient (Wildman–Crippen LogP) is 3.23. The quantitative estimate of drug-likeness (QED) is 0.508. The Balaban J connectivity index is 1.38. The van der Waals surface area contributed by atoms with E-state index < -0.39 is 0 Å². The maximum Gasteiger partial charge on any atom is 0.253 e. The minimum absolute atomic E-state index is 0.0452. The average molecular weight is 389 g/mol. The van der Waals surface area contributed by atoms with Crippen LogP contribution in [0.25, 0.3) is 5.65 Å². The van der Waals surface area contributed by atoms with Gasteiger partial charge in [-0.1, -0.05) is 6.07 Å². The number of aromatic nitrogens is 4. The number of ether oxygens (including phenoxy) is 1. The average Bonchev–Trinajstić information content (AvgIpc) is 3.32. The number of nitrogens with zero attached hydrogens (tertiary/aromatic N) is 5. The Labute approximate surface area is 169 Å². The predicted molar refractivity (Wildman–Crippen MR) is 110 cm³/mol. The third-order valence-electron chi connectivity index (χ3n) is 4.74. The Morgan fingerprint density at radius 2 is 1.97 bits per heavy atom. The lowest BCUT2D eigenvalue weighted by molar-refractivity contribution is 0.0785. The number of amides is 1. The van der Waals surface area contributed by atoms with Gasteiger partial charge in [0.15, 0.2) is 0 Å². The highest BCUT2D eigenvalue weighted by Crippen LogP contribution is 2.17. The normalized spacial score (nSPS) is 11.0. The third kappa shape index (κ3) is 4.13. The minimum atomic E-state index is -0.0452. The van der Waals surface area contributed by atoms with Gasteiger partial charge in [0.1, 0.15) is 18.0 Å². The van der Waals surface area contributed by atoms with Gasteiger partial charge in [0.2, 0.25) is 0 Å². The van der Waals surface area contributed by atoms with Crippen LogP contribution in [-0.2, 0) is 20.2 Å². The molecule has 0 bridgehead atoms. The van der Waals surface area contributed by atoms with Crippen LogP contribution in [0.5, 0.6) is 5.75 Å². The molecule has 0 radical (unpaired) electrons. The maximum atomic E-state index is 12.6. The van der Waals surface area contributed by atoms with E-state index in [-0.39, 0.29) is 5.91 Å². The van der Waals surface area contributed by atoms with Crippen LogP contribution in [-0.4, -0.2) is 37.0 Å². The van der Waals surface area contributed by atoms with Crippen molar-refractivity contribution in [2.45, 2.75) is 20.1 Å². The largest absolute Gasteiger partial charge is 0.487 e. The number of carbonyl (C=O) groups is 1. The van der Waals surface area contributed by atoms with Crippen molar-refractivity contribution in [2.75, 3.05) is 7.05 Å². The van der Waals surface area contributed by atoms with Crippen molar-refractivity contribution in [1.29, 1.82) is 0 Å². The van der Waals surface area contributed by atoms with Crippen LogP contribution in [0.2, 0.25) is 0 Å². The van der Waals surface area contributed by atoms with Gasteiger partial charge in [-0.25, -0.2) is 4.98 Å². The van der Waals surface area contributed by atoms with Gasteiger partial charge in [-0.2, -0.15) is 5.10 Å². The molecule has 148 valence electrons. The molecule has 0 aliphatic heterocycles. The van der Waals surface area contributed by atoms with Crippen molar-refractivity contribution in [3.8, 4) is 5.75 Å². The monoisotopic (exact) mass is 389 g/mol. The highest BCUT2D eigenvalue weighted by atomic mass is 16.5. The number of benzene rings is 1. The summed E-state index contributed by atoms with van der Waals surface area (Å²) in [7, 11) is 3.64. The number of imidazole rings is 1. The Hall–Kier alpha value is -3.61. The molecule has 0 saturated heterocycles. The van der Waals surface area contributed by atoms with Gasteiger partial charge in [0, 0.05) is 50.4 Å². The van der Waals surface area contributed by atoms with E-state index in [1.165, 1.54) is 0 Å². The van der Waals surface area contributed by atoms with Crippen LogP contribution in [0.4, 0.5) is 0 Å². The minimum Gasteiger partial charge on any atom is -0.487 e. The maximum absolute atomic E-state index is 12.6. The summed E-state index contributed by atoms with van der Waals surface area (Å²) in [6, 6.07) is 11.2. The molecular weight excluding hydrogens is 366 g/mol. The second kappa shape index (κ2) is 7.79. The molecule has 0 fully saturated rings. The van der Waals surface area contributed by atoms with Crippen LogP contribution in [0.1, 0.15) is 27.2 Å². The molecule has 3 heterocycles. The number of hydrogen-bond donors (Lipinski definition) is 0. The molecule has 1 aromatic carbocycles. The standard InChI is InChI=1S/C22H23N5O2/c1-16-5-4-10-27-14-19(24-21(16)27)15-29-20-8-6-18(7-9-20)22(28)25(2)12-17-11-23-26(3)13-17/h4-11,13-14H,12,15H2,1-3H3. The molecule has 0 aliphatic rings. The zero-order chi connectivity index (χ0) is 20.4. The molecule has 0 N–H and O–H groups in total. The second-order valence-corrected chi connectivity index (χ2v) is 7.15. The number of pyridine rings is 1. The lowest BCUT2D eigenvalue weighted by atomic mass is 10.2. The van der Waals surface area contributed by atoms with Gasteiger partial charge in [0.25, 0.3) is 5.91 Å². The molecule has 3 aromatic heterocycles. The Kier molecular flexibility index (Phi) is 5.03. The summed E-state index contributed by atoms with van der Waals surface area (Å²) in [4.78, 5) is 18.9. The Bertz CT molecular complexity index is 1140. The first-order valence-corrected chi connectivity index (χ1v) is 9.38. The van der Waals surface area contributed by atoms with E-state index in [0.29, 0.717) is 24.5 Å². The number of aryl methyl sites for hydroxylation is 2. The fourth-order valence-electron chi connectivity index (χ4n) is 3.24. The molecule has 0 aliphatic carbocycles. The van der Waals surface area contributed by atoms with Gasteiger partial charge in [0.05, 0.1) is 11.9 Å². The van der Waals surface area contributed by atoms with E-state index in [0.717, 1.165) is 22.5 Å². The smallest absolute Gasteiger partial charge is 0.253 e. The molecule has 0 saturated carbocycles. The number of rotatable bonds is 6. The topological polar surface area (TPSA) is 64.7 Å². The van der Waals surface area contributed by atoms with Gasteiger partial charge in [-0.3, -0.25) is 9.48 Å². The lowest BCUT2D eigenvalue weighted by Gasteiger charge is -2.16. The molecule has 4 aromatic rings. The fraction of sp³-hybridized carbons (Fsp3) is 0.227. The fourth-order valence-corrected chi connectivity index (χ4v) is 3.24. The zero-order valence-electron chi connectivity index (χ0n) is 16.7. The Morgan fingerprint density at radius 1 is 1.17 bits per heavy atom. The van der Waals surface area contributed by atoms with Crippen molar-refractivity contribution < 1.29 is 9.53 Å². The van der Waals surface area contributed by atoms with Gasteiger partial charge in [-0.05, 0) is 42.8 Å². The first-order valence-electron chi connectivity index (χ1n) is 9.38. The first-order chi connectivity index (χ1) is 14.0. The van der Waals surface area contributed by atoms with E-state index in [2.05, 4.69) is 10.1 Å². The summed E-state index contributed by atoms with van der Waals surface area (Å²) >= 11 is 0. The summed E-state index contributed by atoms with van der Waals surface area (Å²) < 4.78 is 9.56. The molecule has 1 amide bonds. The third-order valence-corrected chi connectivity index (χ3v) is 4.74. The first kappa shape index (κ1) is 18.7. The molecule has 0 spiro atoms. The van der Waals surface area contributed by atoms with E-state index >= 15 is 0 Å². The van der Waals surface area contributed by atoms with Crippen molar-refractivity contribution in [2.24, 2.45) is 7.05 Å². The molecule has 29 heavy (non-hydrogen) atoms. The molecule has 7 heteroatoms. The second-order valence-electron chi connectivity index (χ2n) is 7.15. The summed E-state index contributed by atoms with van der Waals surface area (Å²) in [6.07, 6.45) is 7.61. The van der Waals surface area contributed by atoms with Gasteiger partial charge < -0.3 is 14.0 Å². The van der Waals surface area contributed by atoms with Crippen molar-refractivity contribution >= 4 is 11.6 Å². The van der Waals surface area contributed by atoms with Crippen molar-refractivity contribution in [3.63, 3.8) is 0 Å². The number of carbonyl (C=O) groups excluding carboxylic acids is 1. The lowest BCUT2D eigenvalue weighted by Crippen LogP contribution is -2.25. The number of fused-ring (bicyclic) bond motifs is 1. The van der Waals surface area contributed by atoms with Crippen molar-refractivity contribution in [1.82, 2.24) is 24.1 Å². The Morgan fingerprint density at radius 3 is 2.66 bits per heavy atom. The molecule has 0 atom stereocenters. The van der Waals surface area contributed by atoms with E-state index in [4.69, 9.17) is 4.74 Å². The SMILES string of the molecule is Cc1cccn2cc(COc3ccc(C(=O)N(C)Cc4cnn(C)c4)cc3)nc12. The molecule has 4 rings (SSSR count). The van der Waals surface area contributed by atoms with E-state index in [1.807, 2.05) is 61.2 Å². The van der Waals surface area contributed by atoms with E-state index in [9.17, 15) is 4.79 Å². The van der Waals surface area contributed by atoms with Gasteiger partial charge >= 0.3 is 0 Å². The summed E-state index contributed by atoms with van der Waals surface area (Å²) in [5, 5.41) is 4.13.